The Morgan fingerprint density at radius 2 is 1.96 bits per heavy atom. The molecule has 1 fully saturated rings. The molecule has 2 amide bonds. The summed E-state index contributed by atoms with van der Waals surface area (Å²) in [6, 6.07) is 12.9. The molecule has 6 heteroatoms. The highest BCUT2D eigenvalue weighted by molar-refractivity contribution is 9.10. The van der Waals surface area contributed by atoms with Crippen LogP contribution in [0.3, 0.4) is 0 Å². The molecule has 0 aliphatic carbocycles. The summed E-state index contributed by atoms with van der Waals surface area (Å²) in [5.74, 6) is -0.621. The zero-order valence-corrected chi connectivity index (χ0v) is 15.4. The van der Waals surface area contributed by atoms with E-state index in [1.54, 1.807) is 11.0 Å². The highest BCUT2D eigenvalue weighted by Gasteiger charge is 2.35. The van der Waals surface area contributed by atoms with Crippen LogP contribution in [0.5, 0.6) is 0 Å². The molecule has 1 aliphatic heterocycles. The van der Waals surface area contributed by atoms with Crippen LogP contribution in [0.15, 0.2) is 46.9 Å². The standard InChI is InChI=1S/C18H16BrClN2O2/c1-11-3-2-4-15(20)17(11)21-18(24)12-9-16(23)22(10-12)14-7-5-13(19)6-8-14/h2-8,12H,9-10H2,1H3,(H,21,24). The Labute approximate surface area is 153 Å². The number of carbonyl (C=O) groups excluding carboxylic acids is 2. The first-order valence-electron chi connectivity index (χ1n) is 7.57. The lowest BCUT2D eigenvalue weighted by atomic mass is 10.1. The molecule has 1 saturated heterocycles. The normalized spacial score (nSPS) is 17.2. The molecule has 1 unspecified atom stereocenters. The van der Waals surface area contributed by atoms with Crippen LogP contribution < -0.4 is 10.2 Å². The van der Waals surface area contributed by atoms with Crippen molar-refractivity contribution in [2.24, 2.45) is 5.92 Å². The Bertz CT molecular complexity index is 772. The van der Waals surface area contributed by atoms with Gasteiger partial charge in [0.1, 0.15) is 0 Å². The van der Waals surface area contributed by atoms with Crippen LogP contribution >= 0.6 is 27.5 Å². The van der Waals surface area contributed by atoms with Crippen LogP contribution in [0.2, 0.25) is 5.02 Å². The molecule has 2 aromatic carbocycles. The number of nitrogens with one attached hydrogen (secondary N) is 1. The Morgan fingerprint density at radius 1 is 1.25 bits per heavy atom. The molecular weight excluding hydrogens is 392 g/mol. The van der Waals surface area contributed by atoms with Crippen LogP contribution in [0.4, 0.5) is 11.4 Å². The lowest BCUT2D eigenvalue weighted by molar-refractivity contribution is -0.122. The molecule has 0 aromatic heterocycles. The fraction of sp³-hybridized carbons (Fsp3) is 0.222. The number of carbonyl (C=O) groups is 2. The molecule has 1 heterocycles. The maximum atomic E-state index is 12.5. The van der Waals surface area contributed by atoms with Crippen LogP contribution in [0, 0.1) is 12.8 Å². The number of hydrogen-bond donors (Lipinski definition) is 1. The van der Waals surface area contributed by atoms with E-state index in [2.05, 4.69) is 21.2 Å². The van der Waals surface area contributed by atoms with Crippen LogP contribution in [0.1, 0.15) is 12.0 Å². The molecule has 1 atom stereocenters. The second kappa shape index (κ2) is 6.95. The van der Waals surface area contributed by atoms with Crippen molar-refractivity contribution < 1.29 is 9.59 Å². The number of hydrogen-bond acceptors (Lipinski definition) is 2. The Hall–Kier alpha value is -1.85. The molecule has 0 radical (unpaired) electrons. The fourth-order valence-electron chi connectivity index (χ4n) is 2.77. The number of para-hydroxylation sites is 1. The summed E-state index contributed by atoms with van der Waals surface area (Å²) < 4.78 is 0.946. The summed E-state index contributed by atoms with van der Waals surface area (Å²) in [6.45, 7) is 2.26. The first kappa shape index (κ1) is 17.0. The monoisotopic (exact) mass is 406 g/mol. The van der Waals surface area contributed by atoms with Gasteiger partial charge in [0.05, 0.1) is 16.6 Å². The van der Waals surface area contributed by atoms with Gasteiger partial charge in [-0.3, -0.25) is 9.59 Å². The predicted octanol–water partition coefficient (Wildman–Crippen LogP) is 4.40. The number of amides is 2. The van der Waals surface area contributed by atoms with Gasteiger partial charge in [0.25, 0.3) is 0 Å². The molecule has 124 valence electrons. The van der Waals surface area contributed by atoms with Crippen molar-refractivity contribution in [2.75, 3.05) is 16.8 Å². The summed E-state index contributed by atoms with van der Waals surface area (Å²) in [7, 11) is 0. The van der Waals surface area contributed by atoms with Gasteiger partial charge in [-0.25, -0.2) is 0 Å². The highest BCUT2D eigenvalue weighted by atomic mass is 79.9. The molecule has 4 nitrogen and oxygen atoms in total. The molecule has 0 saturated carbocycles. The smallest absolute Gasteiger partial charge is 0.229 e. The van der Waals surface area contributed by atoms with Gasteiger partial charge in [0.15, 0.2) is 0 Å². The van der Waals surface area contributed by atoms with E-state index in [1.165, 1.54) is 0 Å². The summed E-state index contributed by atoms with van der Waals surface area (Å²) in [5.41, 5.74) is 2.30. The summed E-state index contributed by atoms with van der Waals surface area (Å²) in [5, 5.41) is 3.36. The van der Waals surface area contributed by atoms with Crippen molar-refractivity contribution in [3.8, 4) is 0 Å². The first-order valence-corrected chi connectivity index (χ1v) is 8.74. The largest absolute Gasteiger partial charge is 0.324 e. The summed E-state index contributed by atoms with van der Waals surface area (Å²) in [6.07, 6.45) is 0.200. The van der Waals surface area contributed by atoms with Gasteiger partial charge in [-0.1, -0.05) is 39.7 Å². The van der Waals surface area contributed by atoms with E-state index in [1.807, 2.05) is 43.3 Å². The number of nitrogens with zero attached hydrogens (tertiary/aromatic N) is 1. The minimum Gasteiger partial charge on any atom is -0.324 e. The summed E-state index contributed by atoms with van der Waals surface area (Å²) >= 11 is 9.53. The molecule has 0 spiro atoms. The van der Waals surface area contributed by atoms with Gasteiger partial charge in [0, 0.05) is 23.1 Å². The van der Waals surface area contributed by atoms with Gasteiger partial charge in [-0.2, -0.15) is 0 Å². The molecule has 2 aromatic rings. The highest BCUT2D eigenvalue weighted by Crippen LogP contribution is 2.29. The van der Waals surface area contributed by atoms with Crippen LogP contribution in [-0.2, 0) is 9.59 Å². The number of benzene rings is 2. The van der Waals surface area contributed by atoms with E-state index in [-0.39, 0.29) is 18.2 Å². The average molecular weight is 408 g/mol. The predicted molar refractivity (Wildman–Crippen MR) is 99.4 cm³/mol. The lowest BCUT2D eigenvalue weighted by Crippen LogP contribution is -2.28. The van der Waals surface area contributed by atoms with Crippen molar-refractivity contribution in [1.29, 1.82) is 0 Å². The van der Waals surface area contributed by atoms with Gasteiger partial charge in [-0.05, 0) is 42.8 Å². The Kier molecular flexibility index (Phi) is 4.92. The van der Waals surface area contributed by atoms with Gasteiger partial charge < -0.3 is 10.2 Å². The van der Waals surface area contributed by atoms with Crippen LogP contribution in [-0.4, -0.2) is 18.4 Å². The van der Waals surface area contributed by atoms with E-state index in [0.717, 1.165) is 15.7 Å². The number of rotatable bonds is 3. The minimum absolute atomic E-state index is 0.0478. The van der Waals surface area contributed by atoms with Crippen molar-refractivity contribution in [3.63, 3.8) is 0 Å². The van der Waals surface area contributed by atoms with Crippen LogP contribution in [0.25, 0.3) is 0 Å². The zero-order valence-electron chi connectivity index (χ0n) is 13.1. The zero-order chi connectivity index (χ0) is 17.3. The average Bonchev–Trinajstić information content (AvgIpc) is 2.94. The van der Waals surface area contributed by atoms with Gasteiger partial charge >= 0.3 is 0 Å². The number of anilines is 2. The van der Waals surface area contributed by atoms with Gasteiger partial charge in [-0.15, -0.1) is 0 Å². The van der Waals surface area contributed by atoms with Crippen molar-refractivity contribution in [1.82, 2.24) is 0 Å². The minimum atomic E-state index is -0.392. The topological polar surface area (TPSA) is 49.4 Å². The molecule has 1 aliphatic rings. The Morgan fingerprint density at radius 3 is 2.62 bits per heavy atom. The van der Waals surface area contributed by atoms with Gasteiger partial charge in [0.2, 0.25) is 11.8 Å². The first-order chi connectivity index (χ1) is 11.5. The van der Waals surface area contributed by atoms with E-state index in [9.17, 15) is 9.59 Å². The quantitative estimate of drug-likeness (QED) is 0.819. The van der Waals surface area contributed by atoms with E-state index < -0.39 is 5.92 Å². The van der Waals surface area contributed by atoms with E-state index in [0.29, 0.717) is 17.3 Å². The third-order valence-electron chi connectivity index (χ3n) is 4.10. The maximum absolute atomic E-state index is 12.5. The maximum Gasteiger partial charge on any atom is 0.229 e. The van der Waals surface area contributed by atoms with Crippen molar-refractivity contribution in [3.05, 3.63) is 57.5 Å². The van der Waals surface area contributed by atoms with E-state index >= 15 is 0 Å². The number of halogens is 2. The fourth-order valence-corrected chi connectivity index (χ4v) is 3.30. The second-order valence-corrected chi connectivity index (χ2v) is 7.13. The molecule has 3 rings (SSSR count). The van der Waals surface area contributed by atoms with Crippen molar-refractivity contribution in [2.45, 2.75) is 13.3 Å². The number of aryl methyl sites for hydroxylation is 1. The molecular formula is C18H16BrClN2O2. The van der Waals surface area contributed by atoms with E-state index in [4.69, 9.17) is 11.6 Å². The lowest BCUT2D eigenvalue weighted by Gasteiger charge is -2.17. The second-order valence-electron chi connectivity index (χ2n) is 5.80. The SMILES string of the molecule is Cc1cccc(Cl)c1NC(=O)C1CC(=O)N(c2ccc(Br)cc2)C1. The molecule has 24 heavy (non-hydrogen) atoms. The molecule has 0 bridgehead atoms. The Balaban J connectivity index is 1.73. The van der Waals surface area contributed by atoms with Crippen molar-refractivity contribution >= 4 is 50.7 Å². The molecule has 1 N–H and O–H groups in total. The summed E-state index contributed by atoms with van der Waals surface area (Å²) in [4.78, 5) is 26.5. The third kappa shape index (κ3) is 3.47. The third-order valence-corrected chi connectivity index (χ3v) is 4.95.